The maximum atomic E-state index is 4.67. The molecule has 1 saturated heterocycles. The Morgan fingerprint density at radius 3 is 2.54 bits per heavy atom. The van der Waals surface area contributed by atoms with Crippen molar-refractivity contribution in [1.29, 1.82) is 0 Å². The summed E-state index contributed by atoms with van der Waals surface area (Å²) < 4.78 is 1.90. The molecule has 0 N–H and O–H groups in total. The topological polar surface area (TPSA) is 46.3 Å². The van der Waals surface area contributed by atoms with Crippen LogP contribution in [0.5, 0.6) is 0 Å². The van der Waals surface area contributed by atoms with Crippen molar-refractivity contribution in [2.24, 2.45) is 0 Å². The lowest BCUT2D eigenvalue weighted by molar-refractivity contribution is 0.268. The highest BCUT2D eigenvalue weighted by atomic mass is 32.1. The molecule has 3 aromatic rings. The third-order valence-corrected chi connectivity index (χ3v) is 5.22. The summed E-state index contributed by atoms with van der Waals surface area (Å²) >= 11 is 1.58. The summed E-state index contributed by atoms with van der Waals surface area (Å²) in [6, 6.07) is 10.3. The van der Waals surface area contributed by atoms with Gasteiger partial charge in [0.15, 0.2) is 5.82 Å². The van der Waals surface area contributed by atoms with Crippen molar-refractivity contribution in [2.75, 3.05) is 13.1 Å². The largest absolute Gasteiger partial charge is 0.296 e. The van der Waals surface area contributed by atoms with Crippen molar-refractivity contribution in [3.05, 3.63) is 46.7 Å². The quantitative estimate of drug-likeness (QED) is 0.726. The van der Waals surface area contributed by atoms with Gasteiger partial charge in [-0.15, -0.1) is 10.2 Å². The summed E-state index contributed by atoms with van der Waals surface area (Å²) in [4.78, 5) is 3.34. The van der Waals surface area contributed by atoms with Gasteiger partial charge in [-0.1, -0.05) is 60.6 Å². The van der Waals surface area contributed by atoms with Gasteiger partial charge in [0.25, 0.3) is 0 Å². The molecule has 1 aliphatic heterocycles. The van der Waals surface area contributed by atoms with Crippen LogP contribution < -0.4 is 0 Å². The number of fused-ring (bicyclic) bond motifs is 1. The molecule has 4 rings (SSSR count). The molecule has 0 radical (unpaired) electrons. The SMILES string of the molecule is C(=Cc1nn2c(CN3CCCCCC3)nnc2s1)c1ccccc1. The Balaban J connectivity index is 1.51. The highest BCUT2D eigenvalue weighted by Gasteiger charge is 2.15. The Morgan fingerprint density at radius 2 is 1.75 bits per heavy atom. The molecule has 1 aliphatic rings. The predicted molar refractivity (Wildman–Crippen MR) is 97.8 cm³/mol. The zero-order valence-electron chi connectivity index (χ0n) is 13.6. The molecular weight excluding hydrogens is 318 g/mol. The second-order valence-electron chi connectivity index (χ2n) is 6.19. The standard InChI is InChI=1S/C18H21N5S/c1-2-7-13-22(12-6-1)14-16-19-20-18-23(16)21-17(24-18)11-10-15-8-4-3-5-9-15/h3-5,8-11H,1-2,6-7,12-14H2. The molecule has 0 amide bonds. The summed E-state index contributed by atoms with van der Waals surface area (Å²) in [6.45, 7) is 3.15. The number of aromatic nitrogens is 4. The number of benzene rings is 1. The molecule has 0 aliphatic carbocycles. The second kappa shape index (κ2) is 7.23. The minimum atomic E-state index is 0.840. The highest BCUT2D eigenvalue weighted by molar-refractivity contribution is 7.17. The Morgan fingerprint density at radius 1 is 0.958 bits per heavy atom. The van der Waals surface area contributed by atoms with Gasteiger partial charge in [-0.25, -0.2) is 0 Å². The van der Waals surface area contributed by atoms with E-state index in [2.05, 4.69) is 38.4 Å². The van der Waals surface area contributed by atoms with E-state index in [0.717, 1.165) is 35.4 Å². The first-order valence-corrected chi connectivity index (χ1v) is 9.37. The van der Waals surface area contributed by atoms with Gasteiger partial charge in [-0.3, -0.25) is 4.90 Å². The van der Waals surface area contributed by atoms with Crippen LogP contribution in [-0.4, -0.2) is 37.8 Å². The van der Waals surface area contributed by atoms with Crippen molar-refractivity contribution >= 4 is 28.4 Å². The van der Waals surface area contributed by atoms with E-state index in [1.54, 1.807) is 11.3 Å². The Bertz CT molecular complexity index is 812. The molecule has 0 atom stereocenters. The van der Waals surface area contributed by atoms with Crippen LogP contribution in [0.15, 0.2) is 30.3 Å². The Hall–Kier alpha value is -2.05. The first-order valence-electron chi connectivity index (χ1n) is 8.55. The molecule has 0 unspecified atom stereocenters. The zero-order valence-corrected chi connectivity index (χ0v) is 14.5. The third kappa shape index (κ3) is 3.55. The monoisotopic (exact) mass is 339 g/mol. The molecule has 3 heterocycles. The van der Waals surface area contributed by atoms with Gasteiger partial charge in [0.2, 0.25) is 4.96 Å². The molecule has 24 heavy (non-hydrogen) atoms. The molecule has 6 heteroatoms. The van der Waals surface area contributed by atoms with Crippen LogP contribution in [-0.2, 0) is 6.54 Å². The summed E-state index contributed by atoms with van der Waals surface area (Å²) in [6.07, 6.45) is 9.38. The van der Waals surface area contributed by atoms with Gasteiger partial charge >= 0.3 is 0 Å². The van der Waals surface area contributed by atoms with Crippen LogP contribution >= 0.6 is 11.3 Å². The minimum Gasteiger partial charge on any atom is -0.296 e. The number of nitrogens with zero attached hydrogens (tertiary/aromatic N) is 5. The molecule has 1 aromatic carbocycles. The van der Waals surface area contributed by atoms with Crippen LogP contribution in [0.2, 0.25) is 0 Å². The van der Waals surface area contributed by atoms with Crippen molar-refractivity contribution in [2.45, 2.75) is 32.2 Å². The molecule has 0 spiro atoms. The van der Waals surface area contributed by atoms with Gasteiger partial charge in [-0.2, -0.15) is 9.61 Å². The van der Waals surface area contributed by atoms with E-state index in [0.29, 0.717) is 0 Å². The average molecular weight is 339 g/mol. The van der Waals surface area contributed by atoms with Gasteiger partial charge in [0.05, 0.1) is 6.54 Å². The third-order valence-electron chi connectivity index (χ3n) is 4.35. The molecule has 0 bridgehead atoms. The molecule has 5 nitrogen and oxygen atoms in total. The molecular formula is C18H21N5S. The normalized spacial score (nSPS) is 16.8. The van der Waals surface area contributed by atoms with E-state index in [1.165, 1.54) is 31.2 Å². The van der Waals surface area contributed by atoms with Gasteiger partial charge in [-0.05, 0) is 37.6 Å². The molecule has 2 aromatic heterocycles. The average Bonchev–Trinajstić information content (AvgIpc) is 3.07. The lowest BCUT2D eigenvalue weighted by atomic mass is 10.2. The fourth-order valence-corrected chi connectivity index (χ4v) is 3.82. The van der Waals surface area contributed by atoms with Gasteiger partial charge < -0.3 is 0 Å². The summed E-state index contributed by atoms with van der Waals surface area (Å²) in [5, 5.41) is 14.3. The van der Waals surface area contributed by atoms with Crippen molar-refractivity contribution in [1.82, 2.24) is 24.7 Å². The van der Waals surface area contributed by atoms with E-state index >= 15 is 0 Å². The fraction of sp³-hybridized carbons (Fsp3) is 0.389. The van der Waals surface area contributed by atoms with E-state index in [9.17, 15) is 0 Å². The van der Waals surface area contributed by atoms with E-state index in [4.69, 9.17) is 0 Å². The van der Waals surface area contributed by atoms with Gasteiger partial charge in [0, 0.05) is 0 Å². The molecule has 1 fully saturated rings. The maximum absolute atomic E-state index is 4.67. The predicted octanol–water partition coefficient (Wildman–Crippen LogP) is 3.73. The first-order chi connectivity index (χ1) is 11.9. The summed E-state index contributed by atoms with van der Waals surface area (Å²) in [5.74, 6) is 0.947. The van der Waals surface area contributed by atoms with Crippen LogP contribution in [0.25, 0.3) is 17.1 Å². The van der Waals surface area contributed by atoms with Crippen molar-refractivity contribution < 1.29 is 0 Å². The van der Waals surface area contributed by atoms with Crippen LogP contribution in [0.4, 0.5) is 0 Å². The van der Waals surface area contributed by atoms with Crippen molar-refractivity contribution in [3.63, 3.8) is 0 Å². The Labute approximate surface area is 145 Å². The molecule has 0 saturated carbocycles. The van der Waals surface area contributed by atoms with Crippen molar-refractivity contribution in [3.8, 4) is 0 Å². The van der Waals surface area contributed by atoms with Crippen LogP contribution in [0.1, 0.15) is 42.1 Å². The zero-order chi connectivity index (χ0) is 16.2. The van der Waals surface area contributed by atoms with Crippen LogP contribution in [0, 0.1) is 0 Å². The second-order valence-corrected chi connectivity index (χ2v) is 7.17. The smallest absolute Gasteiger partial charge is 0.235 e. The van der Waals surface area contributed by atoms with E-state index < -0.39 is 0 Å². The summed E-state index contributed by atoms with van der Waals surface area (Å²) in [5.41, 5.74) is 1.17. The van der Waals surface area contributed by atoms with Gasteiger partial charge in [0.1, 0.15) is 5.01 Å². The Kier molecular flexibility index (Phi) is 4.66. The highest BCUT2D eigenvalue weighted by Crippen LogP contribution is 2.18. The van der Waals surface area contributed by atoms with Crippen LogP contribution in [0.3, 0.4) is 0 Å². The minimum absolute atomic E-state index is 0.840. The molecule has 124 valence electrons. The number of hydrogen-bond acceptors (Lipinski definition) is 5. The number of likely N-dealkylation sites (tertiary alicyclic amines) is 1. The first kappa shape index (κ1) is 15.5. The fourth-order valence-electron chi connectivity index (χ4n) is 3.06. The van der Waals surface area contributed by atoms with E-state index in [-0.39, 0.29) is 0 Å². The lowest BCUT2D eigenvalue weighted by Crippen LogP contribution is -2.25. The number of rotatable bonds is 4. The maximum Gasteiger partial charge on any atom is 0.235 e. The van der Waals surface area contributed by atoms with E-state index in [1.807, 2.05) is 28.8 Å². The summed E-state index contributed by atoms with van der Waals surface area (Å²) in [7, 11) is 0. The number of hydrogen-bond donors (Lipinski definition) is 0. The lowest BCUT2D eigenvalue weighted by Gasteiger charge is -2.17.